The minimum atomic E-state index is -4.16. The van der Waals surface area contributed by atoms with Crippen LogP contribution in [0, 0.1) is 10.1 Å². The summed E-state index contributed by atoms with van der Waals surface area (Å²) in [6, 6.07) is 7.26. The molecule has 0 fully saturated rings. The van der Waals surface area contributed by atoms with Crippen molar-refractivity contribution in [3.8, 4) is 5.75 Å². The second-order valence-electron chi connectivity index (χ2n) is 4.38. The van der Waals surface area contributed by atoms with Gasteiger partial charge in [0.1, 0.15) is 0 Å². The zero-order valence-electron chi connectivity index (χ0n) is 12.3. The van der Waals surface area contributed by atoms with Gasteiger partial charge in [-0.25, -0.2) is 13.2 Å². The summed E-state index contributed by atoms with van der Waals surface area (Å²) in [6.45, 7) is 0. The first-order valence-electron chi connectivity index (χ1n) is 6.02. The number of benzene rings is 2. The predicted molar refractivity (Wildman–Crippen MR) is 82.5 cm³/mol. The van der Waals surface area contributed by atoms with Gasteiger partial charge in [-0.05, 0) is 24.3 Å². The third-order valence-electron chi connectivity index (χ3n) is 2.80. The van der Waals surface area contributed by atoms with Crippen LogP contribution < -0.4 is 9.83 Å². The molecular formula is C13H9KN2O7S-. The molecule has 0 saturated heterocycles. The summed E-state index contributed by atoms with van der Waals surface area (Å²) in [5, 5.41) is 31.0. The second-order valence-corrected chi connectivity index (χ2v) is 6.06. The maximum atomic E-state index is 12.2. The predicted octanol–water partition coefficient (Wildman–Crippen LogP) is 0.787. The number of anilines is 1. The van der Waals surface area contributed by atoms with Crippen LogP contribution in [-0.4, -0.2) is 75.8 Å². The molecule has 0 bridgehead atoms. The van der Waals surface area contributed by atoms with Crippen molar-refractivity contribution in [1.29, 1.82) is 0 Å². The molecule has 2 rings (SSSR count). The van der Waals surface area contributed by atoms with Gasteiger partial charge in [0.25, 0.3) is 15.7 Å². The monoisotopic (exact) mass is 376 g/mol. The Morgan fingerprint density at radius 2 is 1.83 bits per heavy atom. The number of aromatic carboxylic acids is 1. The first-order chi connectivity index (χ1) is 10.7. The van der Waals surface area contributed by atoms with E-state index in [1.165, 1.54) is 6.07 Å². The van der Waals surface area contributed by atoms with Crippen LogP contribution in [0.15, 0.2) is 47.4 Å². The summed E-state index contributed by atoms with van der Waals surface area (Å²) < 4.78 is 26.4. The van der Waals surface area contributed by atoms with Crippen LogP contribution >= 0.6 is 0 Å². The number of carbonyl (C=O) groups is 1. The number of nitro groups is 1. The number of carboxylic acid groups (broad SMARTS) is 1. The third-order valence-corrected chi connectivity index (χ3v) is 4.18. The molecule has 0 aromatic heterocycles. The Morgan fingerprint density at radius 3 is 2.38 bits per heavy atom. The zero-order chi connectivity index (χ0) is 17.2. The topological polar surface area (TPSA) is 150 Å². The van der Waals surface area contributed by atoms with Crippen molar-refractivity contribution in [2.24, 2.45) is 0 Å². The molecule has 9 nitrogen and oxygen atoms in total. The van der Waals surface area contributed by atoms with Crippen molar-refractivity contribution in [3.63, 3.8) is 0 Å². The van der Waals surface area contributed by atoms with Crippen LogP contribution in [0.5, 0.6) is 5.75 Å². The van der Waals surface area contributed by atoms with Gasteiger partial charge >= 0.3 is 5.97 Å². The summed E-state index contributed by atoms with van der Waals surface area (Å²) in [6.07, 6.45) is 0. The Kier molecular flexibility index (Phi) is 6.89. The van der Waals surface area contributed by atoms with Crippen LogP contribution in [0.2, 0.25) is 0 Å². The van der Waals surface area contributed by atoms with Gasteiger partial charge in [0.15, 0.2) is 0 Å². The van der Waals surface area contributed by atoms with Crippen molar-refractivity contribution in [2.45, 2.75) is 4.90 Å². The van der Waals surface area contributed by atoms with Crippen molar-refractivity contribution in [1.82, 2.24) is 0 Å². The average molecular weight is 376 g/mol. The molecule has 0 spiro atoms. The number of sulfonamides is 1. The van der Waals surface area contributed by atoms with E-state index >= 15 is 0 Å². The van der Waals surface area contributed by atoms with E-state index in [0.717, 1.165) is 36.4 Å². The quantitative estimate of drug-likeness (QED) is 0.445. The van der Waals surface area contributed by atoms with E-state index in [1.54, 1.807) is 0 Å². The van der Waals surface area contributed by atoms with Crippen LogP contribution in [0.25, 0.3) is 0 Å². The maximum absolute atomic E-state index is 12.2. The first kappa shape index (κ1) is 20.5. The van der Waals surface area contributed by atoms with Crippen LogP contribution in [0.4, 0.5) is 11.4 Å². The number of nitro benzene ring substituents is 1. The molecule has 0 aliphatic heterocycles. The van der Waals surface area contributed by atoms with Gasteiger partial charge in [0.2, 0.25) is 0 Å². The Hall–Kier alpha value is -1.50. The van der Waals surface area contributed by atoms with Crippen molar-refractivity contribution in [2.75, 3.05) is 4.72 Å². The zero-order valence-corrected chi connectivity index (χ0v) is 16.2. The fourth-order valence-electron chi connectivity index (χ4n) is 1.74. The summed E-state index contributed by atoms with van der Waals surface area (Å²) in [7, 11) is -4.16. The van der Waals surface area contributed by atoms with Gasteiger partial charge < -0.3 is 10.2 Å². The Labute approximate surface area is 178 Å². The van der Waals surface area contributed by atoms with Crippen LogP contribution in [0.1, 0.15) is 10.4 Å². The minimum absolute atomic E-state index is 0. The largest absolute Gasteiger partial charge is 0.872 e. The van der Waals surface area contributed by atoms with Crippen molar-refractivity contribution < 1.29 is 28.3 Å². The molecule has 0 unspecified atom stereocenters. The van der Waals surface area contributed by atoms with E-state index < -0.39 is 37.9 Å². The van der Waals surface area contributed by atoms with Crippen molar-refractivity contribution in [3.05, 3.63) is 58.1 Å². The fraction of sp³-hybridized carbons (Fsp3) is 0. The molecule has 11 heteroatoms. The maximum Gasteiger partial charge on any atom is 0.335 e. The molecule has 2 aromatic rings. The number of nitrogens with one attached hydrogen (secondary N) is 1. The molecule has 0 amide bonds. The molecule has 0 aliphatic rings. The van der Waals surface area contributed by atoms with E-state index in [0.29, 0.717) is 0 Å². The minimum Gasteiger partial charge on any atom is -0.872 e. The molecular weight excluding hydrogens is 367 g/mol. The molecule has 0 heterocycles. The number of hydrogen-bond acceptors (Lipinski definition) is 6. The number of rotatable bonds is 5. The average Bonchev–Trinajstić information content (AvgIpc) is 2.46. The van der Waals surface area contributed by atoms with Gasteiger partial charge in [0.05, 0.1) is 15.4 Å². The van der Waals surface area contributed by atoms with E-state index in [2.05, 4.69) is 4.72 Å². The fourth-order valence-corrected chi connectivity index (χ4v) is 2.83. The molecule has 24 heavy (non-hydrogen) atoms. The molecule has 0 saturated carbocycles. The Bertz CT molecular complexity index is 899. The van der Waals surface area contributed by atoms with Crippen molar-refractivity contribution >= 4 is 78.8 Å². The van der Waals surface area contributed by atoms with Gasteiger partial charge in [-0.15, -0.1) is 0 Å². The second kappa shape index (κ2) is 8.05. The summed E-state index contributed by atoms with van der Waals surface area (Å²) in [4.78, 5) is 20.3. The molecule has 1 radical (unpaired) electrons. The Morgan fingerprint density at radius 1 is 1.17 bits per heavy atom. The van der Waals surface area contributed by atoms with E-state index in [9.17, 15) is 28.4 Å². The standard InChI is InChI=1S/C13H10N2O7S.K/c16-12-6-8(4-5-11(12)13(17)18)14-23(21,22)10-3-1-2-9(7-10)15(19)20;/h1-7,14,16H,(H,17,18);/p-1. The first-order valence-corrected chi connectivity index (χ1v) is 7.50. The number of hydrogen-bond donors (Lipinski definition) is 2. The van der Waals surface area contributed by atoms with E-state index in [4.69, 9.17) is 5.11 Å². The summed E-state index contributed by atoms with van der Waals surface area (Å²) >= 11 is 0. The smallest absolute Gasteiger partial charge is 0.335 e. The van der Waals surface area contributed by atoms with E-state index in [1.807, 2.05) is 0 Å². The van der Waals surface area contributed by atoms with Gasteiger partial charge in [-0.1, -0.05) is 11.8 Å². The number of non-ortho nitro benzene ring substituents is 1. The normalized spacial score (nSPS) is 10.5. The van der Waals surface area contributed by atoms with Crippen LogP contribution in [-0.2, 0) is 10.0 Å². The Balaban J connectivity index is 0.00000288. The van der Waals surface area contributed by atoms with E-state index in [-0.39, 0.29) is 62.0 Å². The molecule has 0 aliphatic carbocycles. The van der Waals surface area contributed by atoms with Gasteiger partial charge in [-0.2, -0.15) is 0 Å². The number of nitrogens with zero attached hydrogens (tertiary/aromatic N) is 1. The van der Waals surface area contributed by atoms with Gasteiger partial charge in [-0.3, -0.25) is 14.8 Å². The molecule has 2 aromatic carbocycles. The SMILES string of the molecule is O=C(O)c1ccc(NS(=O)(=O)c2cccc([N+](=O)[O-])c2)cc1[O-].[K]. The van der Waals surface area contributed by atoms with Gasteiger partial charge in [0, 0.05) is 69.2 Å². The summed E-state index contributed by atoms with van der Waals surface area (Å²) in [5.41, 5.74) is -1.05. The van der Waals surface area contributed by atoms with Crippen LogP contribution in [0.3, 0.4) is 0 Å². The number of carboxylic acids is 1. The third kappa shape index (κ3) is 4.75. The summed E-state index contributed by atoms with van der Waals surface area (Å²) in [5.74, 6) is -2.29. The molecule has 2 N–H and O–H groups in total. The molecule has 121 valence electrons. The molecule has 0 atom stereocenters.